The molecule has 0 spiro atoms. The summed E-state index contributed by atoms with van der Waals surface area (Å²) in [5.41, 5.74) is 5.61. The summed E-state index contributed by atoms with van der Waals surface area (Å²) in [7, 11) is 0. The Bertz CT molecular complexity index is 264. The van der Waals surface area contributed by atoms with E-state index >= 15 is 0 Å². The van der Waals surface area contributed by atoms with Gasteiger partial charge in [0.1, 0.15) is 0 Å². The van der Waals surface area contributed by atoms with Gasteiger partial charge in [-0.25, -0.2) is 0 Å². The van der Waals surface area contributed by atoms with Gasteiger partial charge in [0.15, 0.2) is 0 Å². The molecule has 2 N–H and O–H groups in total. The van der Waals surface area contributed by atoms with E-state index in [-0.39, 0.29) is 4.90 Å². The van der Waals surface area contributed by atoms with Gasteiger partial charge in [-0.2, -0.15) is 0 Å². The summed E-state index contributed by atoms with van der Waals surface area (Å²) in [6.45, 7) is 0. The van der Waals surface area contributed by atoms with Gasteiger partial charge >= 0.3 is 0 Å². The van der Waals surface area contributed by atoms with Crippen LogP contribution in [0, 0.1) is 0 Å². The van der Waals surface area contributed by atoms with Crippen LogP contribution in [0.4, 0.5) is 5.69 Å². The van der Waals surface area contributed by atoms with E-state index in [0.717, 1.165) is 0 Å². The van der Waals surface area contributed by atoms with Crippen LogP contribution < -0.4 is 5.73 Å². The molecule has 10 heavy (non-hydrogen) atoms. The Morgan fingerprint density at radius 2 is 2.30 bits per heavy atom. The number of nitrogens with zero attached hydrogens (tertiary/aromatic N) is 1. The number of hydrogen-bond acceptors (Lipinski definition) is 4. The Labute approximate surface area is 60.4 Å². The number of pyridine rings is 1. The van der Waals surface area contributed by atoms with Gasteiger partial charge in [-0.1, -0.05) is 0 Å². The molecule has 54 valence electrons. The van der Waals surface area contributed by atoms with Gasteiger partial charge in [-0.3, -0.25) is 9.19 Å². The van der Waals surface area contributed by atoms with Crippen LogP contribution in [-0.4, -0.2) is 13.7 Å². The van der Waals surface area contributed by atoms with E-state index in [2.05, 4.69) is 4.98 Å². The van der Waals surface area contributed by atoms with E-state index in [1.165, 1.54) is 18.5 Å². The molecule has 0 radical (unpaired) electrons. The van der Waals surface area contributed by atoms with Crippen molar-refractivity contribution in [1.29, 1.82) is 0 Å². The lowest BCUT2D eigenvalue weighted by molar-refractivity contribution is 0.537. The van der Waals surface area contributed by atoms with E-state index in [1.54, 1.807) is 0 Å². The van der Waals surface area contributed by atoms with Crippen LogP contribution in [0.3, 0.4) is 0 Å². The van der Waals surface area contributed by atoms with Crippen LogP contribution in [0.1, 0.15) is 0 Å². The van der Waals surface area contributed by atoms with Crippen LogP contribution in [-0.2, 0) is 11.1 Å². The van der Waals surface area contributed by atoms with Crippen molar-refractivity contribution in [3.63, 3.8) is 0 Å². The molecule has 1 heterocycles. The molecule has 0 saturated carbocycles. The van der Waals surface area contributed by atoms with Crippen LogP contribution >= 0.6 is 0 Å². The van der Waals surface area contributed by atoms with Crippen molar-refractivity contribution in [2.75, 3.05) is 5.73 Å². The molecular weight excluding hydrogens is 152 g/mol. The van der Waals surface area contributed by atoms with Crippen LogP contribution in [0.2, 0.25) is 0 Å². The van der Waals surface area contributed by atoms with Gasteiger partial charge in [0.25, 0.3) is 0 Å². The van der Waals surface area contributed by atoms with Gasteiger partial charge in [0.2, 0.25) is 0 Å². The molecule has 0 amide bonds. The fourth-order valence-corrected chi connectivity index (χ4v) is 0.906. The third kappa shape index (κ3) is 1.52. The highest BCUT2D eigenvalue weighted by Crippen LogP contribution is 2.05. The summed E-state index contributed by atoms with van der Waals surface area (Å²) < 4.78 is 20.5. The predicted molar refractivity (Wildman–Crippen MR) is 35.8 cm³/mol. The first-order valence-corrected chi connectivity index (χ1v) is 3.57. The number of anilines is 1. The molecule has 1 aromatic rings. The average molecular weight is 157 g/mol. The highest BCUT2D eigenvalue weighted by atomic mass is 32.2. The number of nitrogens with two attached hydrogens (primary N) is 1. The average Bonchev–Trinajstić information content (AvgIpc) is 1.88. The number of hydrogen-bond donors (Lipinski definition) is 1. The maximum Gasteiger partial charge on any atom is 0.0512 e. The molecule has 1 rings (SSSR count). The zero-order valence-corrected chi connectivity index (χ0v) is 5.80. The van der Waals surface area contributed by atoms with Gasteiger partial charge in [-0.15, -0.1) is 0 Å². The van der Waals surface area contributed by atoms with Crippen LogP contribution in [0.5, 0.6) is 0 Å². The number of nitrogen functional groups attached to an aromatic ring is 1. The monoisotopic (exact) mass is 157 g/mol. The summed E-state index contributed by atoms with van der Waals surface area (Å²) in [5.74, 6) is 0. The molecule has 1 aromatic heterocycles. The molecule has 5 heteroatoms. The molecule has 4 nitrogen and oxygen atoms in total. The Morgan fingerprint density at radius 3 is 2.70 bits per heavy atom. The lowest BCUT2D eigenvalue weighted by atomic mass is 10.4. The summed E-state index contributed by atoms with van der Waals surface area (Å²) in [4.78, 5) is 3.70. The highest BCUT2D eigenvalue weighted by Gasteiger charge is 1.91. The fourth-order valence-electron chi connectivity index (χ4n) is 0.527. The van der Waals surface area contributed by atoms with Crippen molar-refractivity contribution >= 4 is 16.8 Å². The second-order valence-electron chi connectivity index (χ2n) is 1.69. The van der Waals surface area contributed by atoms with E-state index < -0.39 is 11.1 Å². The molecule has 0 aliphatic heterocycles. The zero-order valence-electron chi connectivity index (χ0n) is 4.98. The Morgan fingerprint density at radius 1 is 1.60 bits per heavy atom. The molecule has 0 aliphatic rings. The summed E-state index contributed by atoms with van der Waals surface area (Å²) >= 11 is -2.23. The Kier molecular flexibility index (Phi) is 1.98. The number of aromatic nitrogens is 1. The van der Waals surface area contributed by atoms with Crippen molar-refractivity contribution in [1.82, 2.24) is 4.98 Å². The van der Waals surface area contributed by atoms with E-state index in [0.29, 0.717) is 5.69 Å². The van der Waals surface area contributed by atoms with E-state index in [1.807, 2.05) is 0 Å². The molecular formula is C5H5N2O2S-. The minimum Gasteiger partial charge on any atom is -0.768 e. The van der Waals surface area contributed by atoms with Crippen LogP contribution in [0.25, 0.3) is 0 Å². The first-order chi connectivity index (χ1) is 4.70. The van der Waals surface area contributed by atoms with Gasteiger partial charge < -0.3 is 10.3 Å². The van der Waals surface area contributed by atoms with Crippen LogP contribution in [0.15, 0.2) is 23.4 Å². The lowest BCUT2D eigenvalue weighted by Gasteiger charge is -2.03. The molecule has 0 bridgehead atoms. The van der Waals surface area contributed by atoms with Gasteiger partial charge in [0.05, 0.1) is 5.69 Å². The largest absolute Gasteiger partial charge is 0.768 e. The third-order valence-corrected chi connectivity index (χ3v) is 1.53. The Hall–Kier alpha value is -0.940. The Balaban J connectivity index is 3.07. The quantitative estimate of drug-likeness (QED) is 0.577. The van der Waals surface area contributed by atoms with E-state index in [9.17, 15) is 8.76 Å². The maximum absolute atomic E-state index is 10.3. The molecule has 1 unspecified atom stereocenters. The fraction of sp³-hybridized carbons (Fsp3) is 0. The van der Waals surface area contributed by atoms with Crippen molar-refractivity contribution in [3.05, 3.63) is 18.5 Å². The SMILES string of the molecule is Nc1cncc(S(=O)[O-])c1. The van der Waals surface area contributed by atoms with E-state index in [4.69, 9.17) is 5.73 Å². The maximum atomic E-state index is 10.3. The summed E-state index contributed by atoms with van der Waals surface area (Å²) in [6, 6.07) is 1.34. The van der Waals surface area contributed by atoms with Gasteiger partial charge in [0, 0.05) is 17.3 Å². The minimum atomic E-state index is -2.23. The first kappa shape index (κ1) is 7.17. The minimum absolute atomic E-state index is 0.111. The number of rotatable bonds is 1. The summed E-state index contributed by atoms with van der Waals surface area (Å²) in [5, 5.41) is 0. The smallest absolute Gasteiger partial charge is 0.0512 e. The third-order valence-electron chi connectivity index (χ3n) is 0.927. The zero-order chi connectivity index (χ0) is 7.56. The molecule has 0 fully saturated rings. The molecule has 0 aliphatic carbocycles. The van der Waals surface area contributed by atoms with Gasteiger partial charge in [-0.05, 0) is 17.1 Å². The van der Waals surface area contributed by atoms with Crippen molar-refractivity contribution < 1.29 is 8.76 Å². The summed E-state index contributed by atoms with van der Waals surface area (Å²) in [6.07, 6.45) is 2.62. The highest BCUT2D eigenvalue weighted by molar-refractivity contribution is 7.79. The predicted octanol–water partition coefficient (Wildman–Crippen LogP) is -0.0982. The molecule has 0 saturated heterocycles. The topological polar surface area (TPSA) is 79.0 Å². The standard InChI is InChI=1S/C5H6N2O2S/c6-4-1-5(10(8)9)3-7-2-4/h1-3H,6H2,(H,8,9)/p-1. The lowest BCUT2D eigenvalue weighted by Crippen LogP contribution is -1.92. The normalized spacial score (nSPS) is 12.9. The molecule has 0 aromatic carbocycles. The van der Waals surface area contributed by atoms with Crippen molar-refractivity contribution in [2.45, 2.75) is 4.90 Å². The molecule has 1 atom stereocenters. The van der Waals surface area contributed by atoms with Crippen molar-refractivity contribution in [2.24, 2.45) is 0 Å². The van der Waals surface area contributed by atoms with Crippen molar-refractivity contribution in [3.8, 4) is 0 Å². The second-order valence-corrected chi connectivity index (χ2v) is 2.63. The first-order valence-electron chi connectivity index (χ1n) is 2.50. The second kappa shape index (κ2) is 2.76.